The Morgan fingerprint density at radius 3 is 2.54 bits per heavy atom. The Morgan fingerprint density at radius 2 is 1.83 bits per heavy atom. The Hall–Kier alpha value is -4.09. The van der Waals surface area contributed by atoms with E-state index in [-0.39, 0.29) is 42.6 Å². The number of aromatic hydroxyl groups is 1. The lowest BCUT2D eigenvalue weighted by molar-refractivity contribution is -0.145. The summed E-state index contributed by atoms with van der Waals surface area (Å²) < 4.78 is 42.0. The number of phenolic OH excluding ortho intramolecular Hbond substituents is 1. The van der Waals surface area contributed by atoms with Gasteiger partial charge in [0.2, 0.25) is 0 Å². The first-order chi connectivity index (χ1) is 16.5. The van der Waals surface area contributed by atoms with Crippen molar-refractivity contribution < 1.29 is 23.1 Å². The number of alkyl halides is 3. The summed E-state index contributed by atoms with van der Waals surface area (Å²) in [6.07, 6.45) is -4.67. The lowest BCUT2D eigenvalue weighted by Gasteiger charge is -2.26. The fraction of sp³-hybridized carbons (Fsp3) is 0.304. The molecule has 9 nitrogen and oxygen atoms in total. The molecule has 182 valence electrons. The number of aryl methyl sites for hydroxylation is 2. The Kier molecular flexibility index (Phi) is 5.00. The number of hydrogen-bond acceptors (Lipinski definition) is 6. The second kappa shape index (κ2) is 7.72. The second-order valence-electron chi connectivity index (χ2n) is 8.59. The van der Waals surface area contributed by atoms with E-state index >= 15 is 0 Å². The van der Waals surface area contributed by atoms with Gasteiger partial charge in [0.1, 0.15) is 28.5 Å². The third-order valence-corrected chi connectivity index (χ3v) is 6.23. The highest BCUT2D eigenvalue weighted by Crippen LogP contribution is 2.37. The van der Waals surface area contributed by atoms with Crippen LogP contribution in [-0.4, -0.2) is 46.8 Å². The molecule has 1 aromatic carbocycles. The first-order valence-electron chi connectivity index (χ1n) is 10.8. The van der Waals surface area contributed by atoms with E-state index in [1.807, 2.05) is 6.92 Å². The number of nitrogens with zero attached hydrogens (tertiary/aromatic N) is 6. The van der Waals surface area contributed by atoms with Crippen molar-refractivity contribution in [2.24, 2.45) is 0 Å². The average Bonchev–Trinajstić information content (AvgIpc) is 3.35. The summed E-state index contributed by atoms with van der Waals surface area (Å²) in [4.78, 5) is 23.3. The fourth-order valence-corrected chi connectivity index (χ4v) is 4.48. The number of phenols is 1. The van der Waals surface area contributed by atoms with Crippen molar-refractivity contribution in [3.63, 3.8) is 0 Å². The third-order valence-electron chi connectivity index (χ3n) is 6.23. The predicted molar refractivity (Wildman–Crippen MR) is 121 cm³/mol. The van der Waals surface area contributed by atoms with Crippen molar-refractivity contribution in [1.29, 1.82) is 0 Å². The topological polar surface area (TPSA) is 115 Å². The van der Waals surface area contributed by atoms with Gasteiger partial charge < -0.3 is 15.7 Å². The first kappa shape index (κ1) is 22.7. The third kappa shape index (κ3) is 3.56. The second-order valence-corrected chi connectivity index (χ2v) is 8.59. The van der Waals surface area contributed by atoms with Crippen molar-refractivity contribution in [3.8, 4) is 11.4 Å². The monoisotopic (exact) mass is 485 g/mol. The maximum Gasteiger partial charge on any atom is 0.453 e. The van der Waals surface area contributed by atoms with Crippen LogP contribution in [0.1, 0.15) is 38.8 Å². The van der Waals surface area contributed by atoms with Gasteiger partial charge >= 0.3 is 6.18 Å². The summed E-state index contributed by atoms with van der Waals surface area (Å²) in [5.41, 5.74) is 10.4. The molecule has 35 heavy (non-hydrogen) atoms. The molecule has 3 N–H and O–H groups in total. The minimum absolute atomic E-state index is 0.0445. The molecule has 1 aliphatic heterocycles. The molecule has 4 heterocycles. The molecule has 3 aromatic heterocycles. The summed E-state index contributed by atoms with van der Waals surface area (Å²) in [5.74, 6) is -1.45. The summed E-state index contributed by atoms with van der Waals surface area (Å²) >= 11 is 0. The summed E-state index contributed by atoms with van der Waals surface area (Å²) in [6, 6.07) is 6.93. The number of anilines is 1. The van der Waals surface area contributed by atoms with E-state index in [4.69, 9.17) is 5.73 Å². The van der Waals surface area contributed by atoms with E-state index in [0.717, 1.165) is 5.56 Å². The SMILES string of the molecule is Cc1ccc2c(n1)c(C(=O)N1CCn3nc(C(F)(F)F)nc3C1)c(N)n2-c1c(C)ccc(O)c1C. The molecule has 1 amide bonds. The number of rotatable bonds is 2. The minimum Gasteiger partial charge on any atom is -0.508 e. The van der Waals surface area contributed by atoms with E-state index in [2.05, 4.69) is 15.1 Å². The highest BCUT2D eigenvalue weighted by atomic mass is 19.4. The van der Waals surface area contributed by atoms with Crippen LogP contribution in [0.25, 0.3) is 16.7 Å². The van der Waals surface area contributed by atoms with Gasteiger partial charge in [-0.05, 0) is 44.5 Å². The van der Waals surface area contributed by atoms with Crippen molar-refractivity contribution in [1.82, 2.24) is 29.2 Å². The molecular weight excluding hydrogens is 463 g/mol. The van der Waals surface area contributed by atoms with E-state index in [0.29, 0.717) is 28.0 Å². The van der Waals surface area contributed by atoms with Gasteiger partial charge in [0.15, 0.2) is 0 Å². The van der Waals surface area contributed by atoms with Crippen molar-refractivity contribution in [2.45, 2.75) is 40.0 Å². The Labute approximate surface area is 197 Å². The van der Waals surface area contributed by atoms with Crippen LogP contribution in [-0.2, 0) is 19.3 Å². The highest BCUT2D eigenvalue weighted by Gasteiger charge is 2.39. The molecular formula is C23H22F3N7O2. The molecule has 0 saturated heterocycles. The van der Waals surface area contributed by atoms with Crippen molar-refractivity contribution in [2.75, 3.05) is 12.3 Å². The number of pyridine rings is 1. The zero-order valence-electron chi connectivity index (χ0n) is 19.2. The number of amides is 1. The first-order valence-corrected chi connectivity index (χ1v) is 10.8. The summed E-state index contributed by atoms with van der Waals surface area (Å²) in [6.45, 7) is 5.46. The minimum atomic E-state index is -4.67. The zero-order chi connectivity index (χ0) is 25.2. The molecule has 0 atom stereocenters. The lowest BCUT2D eigenvalue weighted by Crippen LogP contribution is -2.39. The zero-order valence-corrected chi connectivity index (χ0v) is 19.2. The van der Waals surface area contributed by atoms with E-state index in [1.54, 1.807) is 42.7 Å². The van der Waals surface area contributed by atoms with Gasteiger partial charge in [-0.1, -0.05) is 6.07 Å². The van der Waals surface area contributed by atoms with Gasteiger partial charge in [0.25, 0.3) is 11.7 Å². The molecule has 0 radical (unpaired) electrons. The van der Waals surface area contributed by atoms with Crippen LogP contribution in [0.4, 0.5) is 19.0 Å². The maximum atomic E-state index is 13.7. The van der Waals surface area contributed by atoms with E-state index in [9.17, 15) is 23.1 Å². The van der Waals surface area contributed by atoms with Crippen molar-refractivity contribution in [3.05, 3.63) is 58.3 Å². The number of halogens is 3. The molecule has 0 saturated carbocycles. The quantitative estimate of drug-likeness (QED) is 0.449. The molecule has 4 aromatic rings. The molecule has 0 fully saturated rings. The average molecular weight is 485 g/mol. The van der Waals surface area contributed by atoms with Gasteiger partial charge in [-0.3, -0.25) is 14.3 Å². The van der Waals surface area contributed by atoms with Crippen LogP contribution >= 0.6 is 0 Å². The summed E-state index contributed by atoms with van der Waals surface area (Å²) in [7, 11) is 0. The highest BCUT2D eigenvalue weighted by molar-refractivity contribution is 6.11. The number of nitrogens with two attached hydrogens (primary N) is 1. The van der Waals surface area contributed by atoms with Crippen LogP contribution < -0.4 is 5.73 Å². The predicted octanol–water partition coefficient (Wildman–Crippen LogP) is 3.50. The van der Waals surface area contributed by atoms with E-state index in [1.165, 1.54) is 9.58 Å². The largest absolute Gasteiger partial charge is 0.508 e. The number of benzene rings is 1. The van der Waals surface area contributed by atoms with Gasteiger partial charge in [0, 0.05) is 17.8 Å². The van der Waals surface area contributed by atoms with Gasteiger partial charge in [-0.2, -0.15) is 13.2 Å². The number of hydrogen-bond donors (Lipinski definition) is 2. The summed E-state index contributed by atoms with van der Waals surface area (Å²) in [5, 5.41) is 13.8. The van der Waals surface area contributed by atoms with Gasteiger partial charge in [-0.15, -0.1) is 5.10 Å². The van der Waals surface area contributed by atoms with Crippen molar-refractivity contribution >= 4 is 22.8 Å². The van der Waals surface area contributed by atoms with Crippen LogP contribution in [0, 0.1) is 20.8 Å². The number of fused-ring (bicyclic) bond motifs is 2. The number of nitrogen functional groups attached to an aromatic ring is 1. The molecule has 0 bridgehead atoms. The normalized spacial score (nSPS) is 13.9. The Bertz CT molecular complexity index is 1500. The number of aromatic nitrogens is 5. The Balaban J connectivity index is 1.64. The smallest absolute Gasteiger partial charge is 0.453 e. The molecule has 0 aliphatic carbocycles. The molecule has 5 rings (SSSR count). The molecule has 1 aliphatic rings. The lowest BCUT2D eigenvalue weighted by atomic mass is 10.1. The van der Waals surface area contributed by atoms with Crippen LogP contribution in [0.3, 0.4) is 0 Å². The fourth-order valence-electron chi connectivity index (χ4n) is 4.48. The van der Waals surface area contributed by atoms with Gasteiger partial charge in [-0.25, -0.2) is 9.67 Å². The van der Waals surface area contributed by atoms with Crippen LogP contribution in [0.15, 0.2) is 24.3 Å². The molecule has 12 heteroatoms. The Morgan fingerprint density at radius 1 is 1.09 bits per heavy atom. The number of carbonyl (C=O) groups is 1. The van der Waals surface area contributed by atoms with Crippen LogP contribution in [0.2, 0.25) is 0 Å². The van der Waals surface area contributed by atoms with Gasteiger partial charge in [0.05, 0.1) is 24.3 Å². The molecule has 0 spiro atoms. The standard InChI is InChI=1S/C23H22F3N7O2/c1-11-4-7-15(34)13(3)19(11)33-14-6-5-12(2)28-18(14)17(20(33)27)21(35)31-8-9-32-16(10-31)29-22(30-32)23(24,25)26/h4-7,34H,8-10,27H2,1-3H3. The molecule has 0 unspecified atom stereocenters. The maximum absolute atomic E-state index is 13.7. The number of carbonyl (C=O) groups excluding carboxylic acids is 1. The van der Waals surface area contributed by atoms with Crippen LogP contribution in [0.5, 0.6) is 5.75 Å². The van der Waals surface area contributed by atoms with E-state index < -0.39 is 17.9 Å².